The maximum atomic E-state index is 11.8. The zero-order valence-corrected chi connectivity index (χ0v) is 13.9. The molecule has 2 fully saturated rings. The summed E-state index contributed by atoms with van der Waals surface area (Å²) in [4.78, 5) is 16.8. The van der Waals surface area contributed by atoms with Gasteiger partial charge < -0.3 is 19.9 Å². The van der Waals surface area contributed by atoms with Crippen molar-refractivity contribution in [3.05, 3.63) is 0 Å². The van der Waals surface area contributed by atoms with E-state index in [0.29, 0.717) is 0 Å². The van der Waals surface area contributed by atoms with Gasteiger partial charge in [0.25, 0.3) is 0 Å². The molecule has 0 spiro atoms. The van der Waals surface area contributed by atoms with Crippen molar-refractivity contribution >= 4 is 6.09 Å². The molecule has 122 valence electrons. The third-order valence-electron chi connectivity index (χ3n) is 4.24. The Kier molecular flexibility index (Phi) is 5.88. The van der Waals surface area contributed by atoms with Crippen molar-refractivity contribution in [1.29, 1.82) is 0 Å². The van der Waals surface area contributed by atoms with E-state index in [2.05, 4.69) is 15.1 Å². The number of carbonyl (C=O) groups is 1. The predicted molar refractivity (Wildman–Crippen MR) is 84.5 cm³/mol. The number of likely N-dealkylation sites (tertiary alicyclic amines) is 2. The van der Waals surface area contributed by atoms with Crippen molar-refractivity contribution in [2.24, 2.45) is 0 Å². The minimum absolute atomic E-state index is 0.267. The van der Waals surface area contributed by atoms with Gasteiger partial charge in [0, 0.05) is 32.2 Å². The molecule has 0 atom stereocenters. The molecule has 1 amide bonds. The van der Waals surface area contributed by atoms with E-state index < -0.39 is 5.60 Å². The van der Waals surface area contributed by atoms with Crippen LogP contribution in [0.2, 0.25) is 0 Å². The number of nitrogens with one attached hydrogen (secondary N) is 1. The third kappa shape index (κ3) is 6.22. The number of piperidine rings is 1. The second kappa shape index (κ2) is 7.45. The Morgan fingerprint density at radius 1 is 1.05 bits per heavy atom. The molecule has 0 aromatic carbocycles. The van der Waals surface area contributed by atoms with Gasteiger partial charge in [-0.15, -0.1) is 0 Å². The molecule has 0 aliphatic carbocycles. The molecule has 0 bridgehead atoms. The number of hydrogen-bond acceptors (Lipinski definition) is 4. The molecule has 2 heterocycles. The van der Waals surface area contributed by atoms with Gasteiger partial charge >= 0.3 is 6.09 Å². The first kappa shape index (κ1) is 16.6. The first-order valence-electron chi connectivity index (χ1n) is 8.36. The minimum Gasteiger partial charge on any atom is -0.444 e. The third-order valence-corrected chi connectivity index (χ3v) is 4.24. The number of hydrogen-bond donors (Lipinski definition) is 1. The first-order valence-corrected chi connectivity index (χ1v) is 8.36. The molecule has 2 rings (SSSR count). The molecule has 0 radical (unpaired) electrons. The highest BCUT2D eigenvalue weighted by Crippen LogP contribution is 2.13. The highest BCUT2D eigenvalue weighted by Gasteiger charge is 2.23. The molecule has 2 aliphatic rings. The van der Waals surface area contributed by atoms with Gasteiger partial charge in [0.1, 0.15) is 5.60 Å². The van der Waals surface area contributed by atoms with Crippen LogP contribution in [0.1, 0.15) is 46.5 Å². The summed E-state index contributed by atoms with van der Waals surface area (Å²) in [5.74, 6) is 0. The number of rotatable bonds is 4. The fourth-order valence-electron chi connectivity index (χ4n) is 3.06. The van der Waals surface area contributed by atoms with E-state index in [1.54, 1.807) is 0 Å². The number of amides is 1. The van der Waals surface area contributed by atoms with Crippen LogP contribution < -0.4 is 5.32 Å². The number of alkyl carbamates (subject to hydrolysis) is 1. The van der Waals surface area contributed by atoms with Crippen molar-refractivity contribution in [2.75, 3.05) is 39.3 Å². The van der Waals surface area contributed by atoms with Crippen LogP contribution in [0.5, 0.6) is 0 Å². The summed E-state index contributed by atoms with van der Waals surface area (Å²) >= 11 is 0. The molecule has 1 N–H and O–H groups in total. The summed E-state index contributed by atoms with van der Waals surface area (Å²) in [6.07, 6.45) is 4.50. The van der Waals surface area contributed by atoms with E-state index >= 15 is 0 Å². The SMILES string of the molecule is CC(C)(C)OC(=O)NC1CCN(CCN2CCCC2)CC1. The number of carbonyl (C=O) groups excluding carboxylic acids is 1. The van der Waals surface area contributed by atoms with Gasteiger partial charge in [-0.25, -0.2) is 4.79 Å². The monoisotopic (exact) mass is 297 g/mol. The zero-order chi connectivity index (χ0) is 15.3. The van der Waals surface area contributed by atoms with Gasteiger partial charge in [0.15, 0.2) is 0 Å². The normalized spacial score (nSPS) is 22.4. The second-order valence-electron chi connectivity index (χ2n) is 7.31. The van der Waals surface area contributed by atoms with E-state index in [0.717, 1.165) is 25.9 Å². The fraction of sp³-hybridized carbons (Fsp3) is 0.938. The van der Waals surface area contributed by atoms with Crippen LogP contribution in [-0.2, 0) is 4.74 Å². The van der Waals surface area contributed by atoms with E-state index in [1.807, 2.05) is 20.8 Å². The van der Waals surface area contributed by atoms with E-state index in [4.69, 9.17) is 4.74 Å². The van der Waals surface area contributed by atoms with Crippen LogP contribution in [0.25, 0.3) is 0 Å². The molecular weight excluding hydrogens is 266 g/mol. The second-order valence-corrected chi connectivity index (χ2v) is 7.31. The largest absolute Gasteiger partial charge is 0.444 e. The molecule has 21 heavy (non-hydrogen) atoms. The maximum Gasteiger partial charge on any atom is 0.407 e. The van der Waals surface area contributed by atoms with Gasteiger partial charge in [-0.1, -0.05) is 0 Å². The van der Waals surface area contributed by atoms with Gasteiger partial charge in [-0.2, -0.15) is 0 Å². The average molecular weight is 297 g/mol. The fourth-order valence-corrected chi connectivity index (χ4v) is 3.06. The Labute approximate surface area is 129 Å². The predicted octanol–water partition coefficient (Wildman–Crippen LogP) is 2.07. The summed E-state index contributed by atoms with van der Waals surface area (Å²) in [6, 6.07) is 0.267. The van der Waals surface area contributed by atoms with Crippen molar-refractivity contribution < 1.29 is 9.53 Å². The molecule has 0 aromatic rings. The van der Waals surface area contributed by atoms with Crippen molar-refractivity contribution in [2.45, 2.75) is 58.1 Å². The van der Waals surface area contributed by atoms with Gasteiger partial charge in [-0.05, 0) is 59.5 Å². The Balaban J connectivity index is 1.60. The standard InChI is InChI=1S/C16H31N3O2/c1-16(2,3)21-15(20)17-14-6-10-19(11-7-14)13-12-18-8-4-5-9-18/h14H,4-13H2,1-3H3,(H,17,20). The van der Waals surface area contributed by atoms with Crippen molar-refractivity contribution in [3.8, 4) is 0 Å². The smallest absolute Gasteiger partial charge is 0.407 e. The average Bonchev–Trinajstić information content (AvgIpc) is 2.89. The van der Waals surface area contributed by atoms with E-state index in [9.17, 15) is 4.79 Å². The minimum atomic E-state index is -0.416. The molecule has 5 nitrogen and oxygen atoms in total. The summed E-state index contributed by atoms with van der Waals surface area (Å²) < 4.78 is 5.31. The number of ether oxygens (including phenoxy) is 1. The van der Waals surface area contributed by atoms with Crippen LogP contribution in [0.4, 0.5) is 4.79 Å². The molecule has 0 saturated carbocycles. The number of nitrogens with zero attached hydrogens (tertiary/aromatic N) is 2. The molecule has 5 heteroatoms. The Morgan fingerprint density at radius 2 is 1.57 bits per heavy atom. The Bertz CT molecular complexity index is 327. The van der Waals surface area contributed by atoms with Gasteiger partial charge in [0.05, 0.1) is 0 Å². The lowest BCUT2D eigenvalue weighted by atomic mass is 10.1. The summed E-state index contributed by atoms with van der Waals surface area (Å²) in [6.45, 7) is 12.8. The van der Waals surface area contributed by atoms with Crippen LogP contribution >= 0.6 is 0 Å². The first-order chi connectivity index (χ1) is 9.92. The quantitative estimate of drug-likeness (QED) is 0.863. The van der Waals surface area contributed by atoms with Gasteiger partial charge in [-0.3, -0.25) is 0 Å². The topological polar surface area (TPSA) is 44.8 Å². The zero-order valence-electron chi connectivity index (χ0n) is 13.9. The molecule has 2 saturated heterocycles. The van der Waals surface area contributed by atoms with Crippen LogP contribution in [0.3, 0.4) is 0 Å². The lowest BCUT2D eigenvalue weighted by Crippen LogP contribution is -2.47. The molecule has 2 aliphatic heterocycles. The van der Waals surface area contributed by atoms with Gasteiger partial charge in [0.2, 0.25) is 0 Å². The van der Waals surface area contributed by atoms with Crippen LogP contribution in [0, 0.1) is 0 Å². The van der Waals surface area contributed by atoms with E-state index in [1.165, 1.54) is 39.0 Å². The Morgan fingerprint density at radius 3 is 2.10 bits per heavy atom. The molecule has 0 aromatic heterocycles. The highest BCUT2D eigenvalue weighted by atomic mass is 16.6. The molecular formula is C16H31N3O2. The highest BCUT2D eigenvalue weighted by molar-refractivity contribution is 5.68. The Hall–Kier alpha value is -0.810. The maximum absolute atomic E-state index is 11.8. The van der Waals surface area contributed by atoms with Crippen molar-refractivity contribution in [1.82, 2.24) is 15.1 Å². The summed E-state index contributed by atoms with van der Waals surface area (Å²) in [7, 11) is 0. The lowest BCUT2D eigenvalue weighted by Gasteiger charge is -2.33. The summed E-state index contributed by atoms with van der Waals surface area (Å²) in [5, 5.41) is 2.99. The van der Waals surface area contributed by atoms with Crippen molar-refractivity contribution in [3.63, 3.8) is 0 Å². The lowest BCUT2D eigenvalue weighted by molar-refractivity contribution is 0.0477. The van der Waals surface area contributed by atoms with Crippen LogP contribution in [0.15, 0.2) is 0 Å². The molecule has 0 unspecified atom stereocenters. The summed E-state index contributed by atoms with van der Waals surface area (Å²) in [5.41, 5.74) is -0.416. The van der Waals surface area contributed by atoms with Crippen LogP contribution in [-0.4, -0.2) is 66.8 Å². The van der Waals surface area contributed by atoms with E-state index in [-0.39, 0.29) is 12.1 Å².